The Morgan fingerprint density at radius 2 is 1.69 bits per heavy atom. The summed E-state index contributed by atoms with van der Waals surface area (Å²) >= 11 is 0. The van der Waals surface area contributed by atoms with E-state index in [1.165, 1.54) is 6.92 Å². The molecule has 8 nitrogen and oxygen atoms in total. The van der Waals surface area contributed by atoms with Gasteiger partial charge in [0.1, 0.15) is 5.52 Å². The van der Waals surface area contributed by atoms with Crippen molar-refractivity contribution in [2.45, 2.75) is 13.8 Å². The monoisotopic (exact) mass is 386 g/mol. The van der Waals surface area contributed by atoms with Crippen molar-refractivity contribution in [1.29, 1.82) is 0 Å². The van der Waals surface area contributed by atoms with Crippen LogP contribution in [0.4, 0.5) is 11.4 Å². The van der Waals surface area contributed by atoms with Crippen molar-refractivity contribution in [3.8, 4) is 5.69 Å². The number of amides is 2. The molecule has 2 heterocycles. The van der Waals surface area contributed by atoms with Gasteiger partial charge in [-0.25, -0.2) is 4.98 Å². The first-order chi connectivity index (χ1) is 14.0. The summed E-state index contributed by atoms with van der Waals surface area (Å²) < 4.78 is 1.66. The van der Waals surface area contributed by atoms with Crippen LogP contribution in [0.2, 0.25) is 0 Å². The van der Waals surface area contributed by atoms with E-state index in [4.69, 9.17) is 0 Å². The molecule has 0 fully saturated rings. The SMILES string of the molecule is CC(=O)Nc1ccc(NC(=O)c2ccc(-n3nnc4cccnc43)c(C)c2)cc1. The third kappa shape index (κ3) is 3.81. The first kappa shape index (κ1) is 18.3. The van der Waals surface area contributed by atoms with Crippen LogP contribution in [0.5, 0.6) is 0 Å². The number of nitrogens with one attached hydrogen (secondary N) is 2. The van der Waals surface area contributed by atoms with Gasteiger partial charge in [-0.1, -0.05) is 5.21 Å². The van der Waals surface area contributed by atoms with E-state index in [0.29, 0.717) is 28.1 Å². The lowest BCUT2D eigenvalue weighted by Crippen LogP contribution is -2.13. The molecule has 0 saturated carbocycles. The summed E-state index contributed by atoms with van der Waals surface area (Å²) in [6.07, 6.45) is 1.69. The van der Waals surface area contributed by atoms with Gasteiger partial charge in [-0.15, -0.1) is 5.10 Å². The molecule has 0 aliphatic rings. The molecule has 2 amide bonds. The minimum atomic E-state index is -0.228. The number of fused-ring (bicyclic) bond motifs is 1. The standard InChI is InChI=1S/C21H18N6O2/c1-13-12-15(21(29)24-17-8-6-16(7-9-17)23-14(2)28)5-10-19(13)27-20-18(25-26-27)4-3-11-22-20/h3-12H,1-2H3,(H,23,28)(H,24,29). The lowest BCUT2D eigenvalue weighted by atomic mass is 10.1. The van der Waals surface area contributed by atoms with Crippen LogP contribution in [0.15, 0.2) is 60.8 Å². The number of benzene rings is 2. The van der Waals surface area contributed by atoms with E-state index < -0.39 is 0 Å². The second-order valence-corrected chi connectivity index (χ2v) is 6.56. The van der Waals surface area contributed by atoms with Crippen LogP contribution in [-0.4, -0.2) is 31.8 Å². The number of carbonyl (C=O) groups excluding carboxylic acids is 2. The predicted molar refractivity (Wildman–Crippen MR) is 110 cm³/mol. The molecule has 4 aromatic rings. The van der Waals surface area contributed by atoms with E-state index in [9.17, 15) is 9.59 Å². The molecule has 144 valence electrons. The maximum atomic E-state index is 12.6. The molecule has 0 radical (unpaired) electrons. The minimum absolute atomic E-state index is 0.146. The second-order valence-electron chi connectivity index (χ2n) is 6.56. The highest BCUT2D eigenvalue weighted by molar-refractivity contribution is 6.04. The number of nitrogens with zero attached hydrogens (tertiary/aromatic N) is 4. The summed E-state index contributed by atoms with van der Waals surface area (Å²) in [5.41, 5.74) is 4.87. The average molecular weight is 386 g/mol. The van der Waals surface area contributed by atoms with Gasteiger partial charge in [-0.05, 0) is 67.1 Å². The second kappa shape index (κ2) is 7.51. The Balaban J connectivity index is 1.54. The van der Waals surface area contributed by atoms with E-state index in [2.05, 4.69) is 25.9 Å². The van der Waals surface area contributed by atoms with Crippen LogP contribution in [0.3, 0.4) is 0 Å². The van der Waals surface area contributed by atoms with E-state index >= 15 is 0 Å². The summed E-state index contributed by atoms with van der Waals surface area (Å²) in [5.74, 6) is -0.374. The molecule has 29 heavy (non-hydrogen) atoms. The smallest absolute Gasteiger partial charge is 0.255 e. The Morgan fingerprint density at radius 1 is 0.966 bits per heavy atom. The van der Waals surface area contributed by atoms with Crippen molar-refractivity contribution in [3.63, 3.8) is 0 Å². The van der Waals surface area contributed by atoms with Crippen molar-refractivity contribution in [2.75, 3.05) is 10.6 Å². The number of aromatic nitrogens is 4. The fraction of sp³-hybridized carbons (Fsp3) is 0.0952. The van der Waals surface area contributed by atoms with Gasteiger partial charge in [0.05, 0.1) is 5.69 Å². The number of carbonyl (C=O) groups is 2. The zero-order chi connectivity index (χ0) is 20.4. The first-order valence-electron chi connectivity index (χ1n) is 8.98. The number of anilines is 2. The number of pyridine rings is 1. The molecule has 0 spiro atoms. The molecule has 0 aliphatic carbocycles. The molecule has 2 aromatic heterocycles. The molecule has 2 aromatic carbocycles. The van der Waals surface area contributed by atoms with Crippen molar-refractivity contribution in [3.05, 3.63) is 71.9 Å². The summed E-state index contributed by atoms with van der Waals surface area (Å²) in [7, 11) is 0. The van der Waals surface area contributed by atoms with Gasteiger partial charge < -0.3 is 10.6 Å². The van der Waals surface area contributed by atoms with E-state index in [1.54, 1.807) is 47.3 Å². The van der Waals surface area contributed by atoms with Crippen molar-refractivity contribution >= 4 is 34.4 Å². The molecule has 0 aliphatic heterocycles. The number of aryl methyl sites for hydroxylation is 1. The lowest BCUT2D eigenvalue weighted by Gasteiger charge is -2.10. The normalized spacial score (nSPS) is 10.7. The first-order valence-corrected chi connectivity index (χ1v) is 8.98. The van der Waals surface area contributed by atoms with Gasteiger partial charge in [0.25, 0.3) is 5.91 Å². The average Bonchev–Trinajstić information content (AvgIpc) is 3.13. The third-order valence-electron chi connectivity index (χ3n) is 4.36. The Hall–Kier alpha value is -4.07. The largest absolute Gasteiger partial charge is 0.326 e. The van der Waals surface area contributed by atoms with Crippen LogP contribution < -0.4 is 10.6 Å². The molecule has 2 N–H and O–H groups in total. The van der Waals surface area contributed by atoms with Gasteiger partial charge >= 0.3 is 0 Å². The topological polar surface area (TPSA) is 102 Å². The van der Waals surface area contributed by atoms with E-state index in [1.807, 2.05) is 25.1 Å². The summed E-state index contributed by atoms with van der Waals surface area (Å²) in [6.45, 7) is 3.35. The maximum Gasteiger partial charge on any atom is 0.255 e. The fourth-order valence-electron chi connectivity index (χ4n) is 3.01. The predicted octanol–water partition coefficient (Wildman–Crippen LogP) is 3.33. The number of rotatable bonds is 4. The van der Waals surface area contributed by atoms with Crippen LogP contribution in [-0.2, 0) is 4.79 Å². The summed E-state index contributed by atoms with van der Waals surface area (Å²) in [5, 5.41) is 13.8. The molecule has 0 atom stereocenters. The molecule has 4 rings (SSSR count). The molecule has 0 saturated heterocycles. The fourth-order valence-corrected chi connectivity index (χ4v) is 3.01. The Kier molecular flexibility index (Phi) is 4.74. The van der Waals surface area contributed by atoms with E-state index in [-0.39, 0.29) is 11.8 Å². The third-order valence-corrected chi connectivity index (χ3v) is 4.36. The van der Waals surface area contributed by atoms with Gasteiger partial charge in [-0.2, -0.15) is 4.68 Å². The molecule has 0 bridgehead atoms. The van der Waals surface area contributed by atoms with Crippen LogP contribution in [0, 0.1) is 6.92 Å². The zero-order valence-electron chi connectivity index (χ0n) is 15.9. The minimum Gasteiger partial charge on any atom is -0.326 e. The molecular weight excluding hydrogens is 368 g/mol. The van der Waals surface area contributed by atoms with Crippen molar-refractivity contribution < 1.29 is 9.59 Å². The lowest BCUT2D eigenvalue weighted by molar-refractivity contribution is -0.114. The highest BCUT2D eigenvalue weighted by Gasteiger charge is 2.13. The molecule has 8 heteroatoms. The van der Waals surface area contributed by atoms with Crippen molar-refractivity contribution in [1.82, 2.24) is 20.0 Å². The summed E-state index contributed by atoms with van der Waals surface area (Å²) in [4.78, 5) is 28.0. The number of hydrogen-bond acceptors (Lipinski definition) is 5. The van der Waals surface area contributed by atoms with Gasteiger partial charge in [0.2, 0.25) is 5.91 Å². The van der Waals surface area contributed by atoms with Crippen LogP contribution >= 0.6 is 0 Å². The zero-order valence-corrected chi connectivity index (χ0v) is 15.9. The quantitative estimate of drug-likeness (QED) is 0.560. The maximum absolute atomic E-state index is 12.6. The summed E-state index contributed by atoms with van der Waals surface area (Å²) in [6, 6.07) is 15.9. The number of hydrogen-bond donors (Lipinski definition) is 2. The Bertz CT molecular complexity index is 1210. The highest BCUT2D eigenvalue weighted by Crippen LogP contribution is 2.20. The molecular formula is C21H18N6O2. The van der Waals surface area contributed by atoms with Gasteiger partial charge in [-0.3, -0.25) is 9.59 Å². The van der Waals surface area contributed by atoms with Gasteiger partial charge in [0.15, 0.2) is 5.65 Å². The Morgan fingerprint density at radius 3 is 2.38 bits per heavy atom. The van der Waals surface area contributed by atoms with Gasteiger partial charge in [0, 0.05) is 30.1 Å². The van der Waals surface area contributed by atoms with Crippen molar-refractivity contribution in [2.24, 2.45) is 0 Å². The Labute approximate surface area is 166 Å². The molecule has 0 unspecified atom stereocenters. The van der Waals surface area contributed by atoms with Crippen LogP contribution in [0.25, 0.3) is 16.9 Å². The van der Waals surface area contributed by atoms with Crippen LogP contribution in [0.1, 0.15) is 22.8 Å². The highest BCUT2D eigenvalue weighted by atomic mass is 16.2. The van der Waals surface area contributed by atoms with E-state index in [0.717, 1.165) is 11.3 Å².